The predicted molar refractivity (Wildman–Crippen MR) is 115 cm³/mol. The van der Waals surface area contributed by atoms with E-state index in [1.165, 1.54) is 7.11 Å². The number of carbonyl (C=O) groups is 3. The molecule has 1 aromatic carbocycles. The van der Waals surface area contributed by atoms with Crippen LogP contribution >= 0.6 is 0 Å². The second kappa shape index (κ2) is 15.4. The van der Waals surface area contributed by atoms with E-state index < -0.39 is 11.9 Å². The van der Waals surface area contributed by atoms with Crippen molar-refractivity contribution in [3.63, 3.8) is 0 Å². The number of amides is 2. The van der Waals surface area contributed by atoms with E-state index in [0.29, 0.717) is 17.9 Å². The number of hydroxylamine groups is 2. The van der Waals surface area contributed by atoms with Gasteiger partial charge < -0.3 is 15.0 Å². The first-order valence-electron chi connectivity index (χ1n) is 10.5. The predicted octanol–water partition coefficient (Wildman–Crippen LogP) is 3.07. The number of ether oxygens (including phenoxy) is 1. The Morgan fingerprint density at radius 1 is 0.900 bits per heavy atom. The Bertz CT molecular complexity index is 639. The van der Waals surface area contributed by atoms with Crippen LogP contribution in [0.2, 0.25) is 0 Å². The molecule has 1 aromatic rings. The fraction of sp³-hybridized carbons (Fsp3) is 0.591. The number of benzene rings is 1. The van der Waals surface area contributed by atoms with Crippen molar-refractivity contribution in [3.8, 4) is 0 Å². The number of nitrogens with one attached hydrogen (secondary N) is 1. The topological polar surface area (TPSA) is 99.2 Å². The van der Waals surface area contributed by atoms with Crippen LogP contribution in [0.15, 0.2) is 30.3 Å². The van der Waals surface area contributed by atoms with Gasteiger partial charge in [0.05, 0.1) is 13.5 Å². The number of esters is 1. The summed E-state index contributed by atoms with van der Waals surface area (Å²) < 4.78 is 4.47. The third kappa shape index (κ3) is 12.2. The van der Waals surface area contributed by atoms with Crippen LogP contribution in [0.1, 0.15) is 51.4 Å². The normalized spacial score (nSPS) is 10.7. The minimum Gasteiger partial charge on any atom is -0.469 e. The van der Waals surface area contributed by atoms with E-state index in [4.69, 9.17) is 0 Å². The van der Waals surface area contributed by atoms with Crippen LogP contribution in [-0.4, -0.2) is 66.7 Å². The molecule has 0 unspecified atom stereocenters. The number of carbonyl (C=O) groups excluding carboxylic acids is 3. The number of hydrogen-bond acceptors (Lipinski definition) is 6. The van der Waals surface area contributed by atoms with Crippen molar-refractivity contribution in [3.05, 3.63) is 30.3 Å². The highest BCUT2D eigenvalue weighted by molar-refractivity contribution is 5.90. The molecule has 0 atom stereocenters. The van der Waals surface area contributed by atoms with E-state index in [9.17, 15) is 19.6 Å². The van der Waals surface area contributed by atoms with Crippen molar-refractivity contribution >= 4 is 23.5 Å². The van der Waals surface area contributed by atoms with E-state index in [2.05, 4.69) is 15.0 Å². The fourth-order valence-corrected chi connectivity index (χ4v) is 2.91. The number of unbranched alkanes of at least 4 members (excludes halogenated alkanes) is 3. The molecule has 30 heavy (non-hydrogen) atoms. The zero-order valence-electron chi connectivity index (χ0n) is 18.1. The summed E-state index contributed by atoms with van der Waals surface area (Å²) in [5.41, 5.74) is 0.828. The van der Waals surface area contributed by atoms with Crippen LogP contribution in [0, 0.1) is 0 Å². The summed E-state index contributed by atoms with van der Waals surface area (Å²) in [5.74, 6) is -0.885. The summed E-state index contributed by atoms with van der Waals surface area (Å²) in [5, 5.41) is 13.3. The second-order valence-corrected chi connectivity index (χ2v) is 7.33. The SMILES string of the molecule is COC(=O)CCC(=O)N(O)CCCCN(C)CCCCCC(=O)Nc1ccccc1. The van der Waals surface area contributed by atoms with Crippen molar-refractivity contribution in [2.45, 2.75) is 51.4 Å². The largest absolute Gasteiger partial charge is 0.469 e. The fourth-order valence-electron chi connectivity index (χ4n) is 2.91. The Morgan fingerprint density at radius 3 is 2.20 bits per heavy atom. The van der Waals surface area contributed by atoms with Gasteiger partial charge in [-0.15, -0.1) is 0 Å². The maximum atomic E-state index is 11.9. The molecule has 0 aromatic heterocycles. The summed E-state index contributed by atoms with van der Waals surface area (Å²) in [4.78, 5) is 36.8. The molecule has 0 saturated heterocycles. The highest BCUT2D eigenvalue weighted by Crippen LogP contribution is 2.08. The zero-order chi connectivity index (χ0) is 22.2. The third-order valence-corrected chi connectivity index (χ3v) is 4.72. The average molecular weight is 422 g/mol. The molecule has 168 valence electrons. The van der Waals surface area contributed by atoms with E-state index in [1.807, 2.05) is 37.4 Å². The highest BCUT2D eigenvalue weighted by atomic mass is 16.5. The molecule has 0 radical (unpaired) electrons. The molecular formula is C22H35N3O5. The second-order valence-electron chi connectivity index (χ2n) is 7.33. The number of hydrogen-bond donors (Lipinski definition) is 2. The molecule has 8 nitrogen and oxygen atoms in total. The molecular weight excluding hydrogens is 386 g/mol. The van der Waals surface area contributed by atoms with Crippen molar-refractivity contribution in [1.82, 2.24) is 9.96 Å². The number of anilines is 1. The monoisotopic (exact) mass is 421 g/mol. The van der Waals surface area contributed by atoms with Gasteiger partial charge in [0.25, 0.3) is 0 Å². The Labute approximate surface area is 179 Å². The van der Waals surface area contributed by atoms with E-state index >= 15 is 0 Å². The molecule has 1 rings (SSSR count). The molecule has 0 fully saturated rings. The van der Waals surface area contributed by atoms with Crippen molar-refractivity contribution in [2.75, 3.05) is 39.1 Å². The smallest absolute Gasteiger partial charge is 0.306 e. The summed E-state index contributed by atoms with van der Waals surface area (Å²) in [6.07, 6.45) is 4.87. The van der Waals surface area contributed by atoms with Crippen LogP contribution in [-0.2, 0) is 19.1 Å². The molecule has 0 aliphatic heterocycles. The Morgan fingerprint density at radius 2 is 1.53 bits per heavy atom. The number of rotatable bonds is 15. The van der Waals surface area contributed by atoms with Crippen LogP contribution < -0.4 is 5.32 Å². The molecule has 0 aliphatic rings. The van der Waals surface area contributed by atoms with Crippen molar-refractivity contribution < 1.29 is 24.3 Å². The number of methoxy groups -OCH3 is 1. The summed E-state index contributed by atoms with van der Waals surface area (Å²) in [7, 11) is 3.31. The zero-order valence-corrected chi connectivity index (χ0v) is 18.1. The Kier molecular flexibility index (Phi) is 13.1. The van der Waals surface area contributed by atoms with Gasteiger partial charge in [0.2, 0.25) is 11.8 Å². The summed E-state index contributed by atoms with van der Waals surface area (Å²) in [6.45, 7) is 2.07. The van der Waals surface area contributed by atoms with Gasteiger partial charge >= 0.3 is 5.97 Å². The van der Waals surface area contributed by atoms with Gasteiger partial charge in [-0.1, -0.05) is 24.6 Å². The third-order valence-electron chi connectivity index (χ3n) is 4.72. The van der Waals surface area contributed by atoms with Crippen LogP contribution in [0.4, 0.5) is 5.69 Å². The van der Waals surface area contributed by atoms with Crippen LogP contribution in [0.3, 0.4) is 0 Å². The van der Waals surface area contributed by atoms with E-state index in [1.54, 1.807) is 0 Å². The molecule has 0 aliphatic carbocycles. The van der Waals surface area contributed by atoms with E-state index in [-0.39, 0.29) is 25.3 Å². The molecule has 0 saturated carbocycles. The Hall–Kier alpha value is -2.45. The lowest BCUT2D eigenvalue weighted by Crippen LogP contribution is -2.29. The molecule has 0 bridgehead atoms. The minimum absolute atomic E-state index is 0.0248. The first kappa shape index (κ1) is 25.6. The van der Waals surface area contributed by atoms with Crippen LogP contribution in [0.25, 0.3) is 0 Å². The molecule has 2 amide bonds. The molecule has 2 N–H and O–H groups in total. The van der Waals surface area contributed by atoms with Gasteiger partial charge in [-0.05, 0) is 58.0 Å². The van der Waals surface area contributed by atoms with Gasteiger partial charge in [-0.2, -0.15) is 0 Å². The van der Waals surface area contributed by atoms with Crippen molar-refractivity contribution in [1.29, 1.82) is 0 Å². The van der Waals surface area contributed by atoms with Crippen LogP contribution in [0.5, 0.6) is 0 Å². The Balaban J connectivity index is 2.00. The maximum absolute atomic E-state index is 11.9. The lowest BCUT2D eigenvalue weighted by atomic mass is 10.1. The van der Waals surface area contributed by atoms with E-state index in [0.717, 1.165) is 44.5 Å². The maximum Gasteiger partial charge on any atom is 0.306 e. The van der Waals surface area contributed by atoms with Gasteiger partial charge in [0.1, 0.15) is 0 Å². The number of para-hydroxylation sites is 1. The number of nitrogens with zero attached hydrogens (tertiary/aromatic N) is 2. The quantitative estimate of drug-likeness (QED) is 0.195. The van der Waals surface area contributed by atoms with Gasteiger partial charge in [-0.25, -0.2) is 5.06 Å². The standard InChI is InChI=1S/C22H35N3O5/c1-24(17-9-10-18-25(29)21(27)14-15-22(28)30-2)16-8-4-7-13-20(26)23-19-11-5-3-6-12-19/h3,5-6,11-12,29H,4,7-10,13-18H2,1-2H3,(H,23,26). The lowest BCUT2D eigenvalue weighted by molar-refractivity contribution is -0.167. The molecule has 8 heteroatoms. The van der Waals surface area contributed by atoms with Crippen molar-refractivity contribution in [2.24, 2.45) is 0 Å². The summed E-state index contributed by atoms with van der Waals surface area (Å²) >= 11 is 0. The van der Waals surface area contributed by atoms with Gasteiger partial charge in [0.15, 0.2) is 0 Å². The molecule has 0 heterocycles. The molecule has 0 spiro atoms. The first-order chi connectivity index (χ1) is 14.4. The summed E-state index contributed by atoms with van der Waals surface area (Å²) in [6, 6.07) is 9.46. The first-order valence-corrected chi connectivity index (χ1v) is 10.5. The highest BCUT2D eigenvalue weighted by Gasteiger charge is 2.13. The minimum atomic E-state index is -0.468. The lowest BCUT2D eigenvalue weighted by Gasteiger charge is -2.18. The average Bonchev–Trinajstić information content (AvgIpc) is 2.74. The van der Waals surface area contributed by atoms with Gasteiger partial charge in [-0.3, -0.25) is 19.6 Å². The van der Waals surface area contributed by atoms with Gasteiger partial charge in [0, 0.05) is 25.1 Å².